The van der Waals surface area contributed by atoms with E-state index in [1.807, 2.05) is 6.07 Å². The van der Waals surface area contributed by atoms with Crippen LogP contribution in [0.4, 0.5) is 19.0 Å². The summed E-state index contributed by atoms with van der Waals surface area (Å²) in [5.41, 5.74) is 0.841. The van der Waals surface area contributed by atoms with Gasteiger partial charge in [-0.1, -0.05) is 0 Å². The second-order valence-corrected chi connectivity index (χ2v) is 11.3. The van der Waals surface area contributed by atoms with Gasteiger partial charge in [0.15, 0.2) is 0 Å². The van der Waals surface area contributed by atoms with Crippen LogP contribution in [0.3, 0.4) is 0 Å². The van der Waals surface area contributed by atoms with Gasteiger partial charge < -0.3 is 0 Å². The van der Waals surface area contributed by atoms with Crippen molar-refractivity contribution >= 4 is 36.7 Å². The number of nitrogens with one attached hydrogen (secondary N) is 2. The summed E-state index contributed by atoms with van der Waals surface area (Å²) < 4.78 is 43.5. The van der Waals surface area contributed by atoms with Crippen molar-refractivity contribution in [2.75, 3.05) is 32.0 Å². The summed E-state index contributed by atoms with van der Waals surface area (Å²) in [6, 6.07) is 5.24. The molecule has 1 aliphatic heterocycles. The molecule has 4 heterocycles. The first kappa shape index (κ1) is 23.7. The van der Waals surface area contributed by atoms with Gasteiger partial charge in [0.25, 0.3) is 0 Å². The maximum atomic E-state index is 13.4. The zero-order valence-electron chi connectivity index (χ0n) is 19.2. The van der Waals surface area contributed by atoms with Crippen molar-refractivity contribution in [3.8, 4) is 11.8 Å². The number of fused-ring (bicyclic) bond motifs is 2. The number of likely N-dealkylation sites (tertiary alicyclic amines) is 1. The van der Waals surface area contributed by atoms with Gasteiger partial charge in [-0.3, -0.25) is 0 Å². The Hall–Kier alpha value is -3.00. The van der Waals surface area contributed by atoms with Crippen LogP contribution in [0.5, 0.6) is 0 Å². The van der Waals surface area contributed by atoms with Gasteiger partial charge in [-0.2, -0.15) is 0 Å². The molecule has 1 saturated heterocycles. The van der Waals surface area contributed by atoms with Crippen LogP contribution < -0.4 is 15.1 Å². The molecular formula is C23H24F3N7OSe. The summed E-state index contributed by atoms with van der Waals surface area (Å²) in [4.78, 5) is 14.4. The van der Waals surface area contributed by atoms with E-state index in [-0.39, 0.29) is 28.1 Å². The Balaban J connectivity index is 1.40. The fourth-order valence-corrected chi connectivity index (χ4v) is 6.01. The normalized spacial score (nSPS) is 21.8. The third kappa shape index (κ3) is 5.03. The molecule has 12 heteroatoms. The maximum absolute atomic E-state index is 13.4. The quantitative estimate of drug-likeness (QED) is 0.369. The van der Waals surface area contributed by atoms with E-state index in [0.29, 0.717) is 22.8 Å². The molecular weight excluding hydrogens is 526 g/mol. The molecule has 0 bridgehead atoms. The third-order valence-corrected chi connectivity index (χ3v) is 8.18. The first-order chi connectivity index (χ1) is 16.6. The van der Waals surface area contributed by atoms with E-state index in [2.05, 4.69) is 44.6 Å². The fraction of sp³-hybridized carbons (Fsp3) is 0.435. The number of carbonyl (C=O) groups excluding carboxylic acids is 1. The minimum absolute atomic E-state index is 0.0233. The average Bonchev–Trinajstić information content (AvgIpc) is 3.11. The Labute approximate surface area is 206 Å². The zero-order valence-corrected chi connectivity index (χ0v) is 20.9. The second-order valence-electron chi connectivity index (χ2n) is 9.02. The van der Waals surface area contributed by atoms with Gasteiger partial charge in [-0.05, 0) is 0 Å². The fourth-order valence-electron chi connectivity index (χ4n) is 4.59. The third-order valence-electron chi connectivity index (χ3n) is 6.42. The summed E-state index contributed by atoms with van der Waals surface area (Å²) in [6.45, 7) is 1.96. The monoisotopic (exact) mass is 551 g/mol. The van der Waals surface area contributed by atoms with E-state index in [0.717, 1.165) is 25.9 Å². The van der Waals surface area contributed by atoms with Crippen LogP contribution in [0.15, 0.2) is 30.6 Å². The Morgan fingerprint density at radius 3 is 2.89 bits per heavy atom. The summed E-state index contributed by atoms with van der Waals surface area (Å²) in [6.07, 6.45) is 5.02. The molecule has 1 aliphatic carbocycles. The minimum atomic E-state index is -4.35. The molecule has 35 heavy (non-hydrogen) atoms. The van der Waals surface area contributed by atoms with Crippen molar-refractivity contribution in [2.45, 2.75) is 23.5 Å². The Bertz CT molecular complexity index is 1340. The number of alkyl halides is 3. The molecule has 0 radical (unpaired) electrons. The number of aryl methyl sites for hydroxylation is 1. The van der Waals surface area contributed by atoms with Crippen LogP contribution in [0, 0.1) is 17.8 Å². The van der Waals surface area contributed by atoms with Gasteiger partial charge in [-0.15, -0.1) is 0 Å². The Kier molecular flexibility index (Phi) is 6.03. The molecule has 0 spiro atoms. The number of anilines is 1. The van der Waals surface area contributed by atoms with Gasteiger partial charge in [0, 0.05) is 0 Å². The number of carbonyl (C=O) groups is 1. The summed E-state index contributed by atoms with van der Waals surface area (Å²) in [5, 5.41) is 10.3. The van der Waals surface area contributed by atoms with Crippen LogP contribution >= 0.6 is 0 Å². The van der Waals surface area contributed by atoms with Gasteiger partial charge in [0.05, 0.1) is 0 Å². The zero-order chi connectivity index (χ0) is 24.8. The van der Waals surface area contributed by atoms with E-state index < -0.39 is 20.0 Å². The molecule has 184 valence electrons. The number of piperidine rings is 1. The van der Waals surface area contributed by atoms with Gasteiger partial charge >= 0.3 is 206 Å². The number of hydrogen-bond donors (Lipinski definition) is 2. The van der Waals surface area contributed by atoms with Crippen molar-refractivity contribution in [2.24, 2.45) is 13.0 Å². The van der Waals surface area contributed by atoms with E-state index in [1.165, 1.54) is 10.9 Å². The Morgan fingerprint density at radius 1 is 1.34 bits per heavy atom. The standard InChI is InChI=1S/C23H24F3N7OSe/c1-31-10-8-22(11-16(22)14-31)29-19-7-3-6-18-20(35-23(24,25)26)17(30-33(18)19)5-4-9-27-21(34)15-12-28-32(2)13-15/h3,6-7,12-13,16,29H,8-11,14H2,1-2H3,(H,27,34)/t16-,22+/m0/s1. The van der Waals surface area contributed by atoms with E-state index in [9.17, 15) is 18.0 Å². The predicted octanol–water partition coefficient (Wildman–Crippen LogP) is 1.20. The van der Waals surface area contributed by atoms with E-state index >= 15 is 0 Å². The van der Waals surface area contributed by atoms with Crippen molar-refractivity contribution in [3.05, 3.63) is 41.9 Å². The topological polar surface area (TPSA) is 79.5 Å². The second kappa shape index (κ2) is 8.90. The summed E-state index contributed by atoms with van der Waals surface area (Å²) >= 11 is -1.82. The van der Waals surface area contributed by atoms with Crippen LogP contribution in [0.2, 0.25) is 0 Å². The molecule has 5 rings (SSSR count). The molecule has 1 amide bonds. The number of rotatable bonds is 5. The van der Waals surface area contributed by atoms with E-state index in [1.54, 1.807) is 29.9 Å². The molecule has 0 aromatic carbocycles. The van der Waals surface area contributed by atoms with E-state index in [4.69, 9.17) is 0 Å². The SMILES string of the molecule is CN1CC[C@@]2(Nc3cccc4c([Se]C(F)(F)F)c(C#CCNC(=O)c5cnn(C)c5)nn34)C[C@H]2C1. The number of aromatic nitrogens is 4. The van der Waals surface area contributed by atoms with Crippen molar-refractivity contribution in [3.63, 3.8) is 0 Å². The number of halogens is 3. The predicted molar refractivity (Wildman–Crippen MR) is 126 cm³/mol. The first-order valence-electron chi connectivity index (χ1n) is 11.1. The average molecular weight is 550 g/mol. The van der Waals surface area contributed by atoms with Crippen LogP contribution in [0.25, 0.3) is 5.52 Å². The molecule has 2 N–H and O–H groups in total. The molecule has 2 atom stereocenters. The van der Waals surface area contributed by atoms with Gasteiger partial charge in [-0.25, -0.2) is 0 Å². The molecule has 2 aliphatic rings. The molecule has 1 saturated carbocycles. The first-order valence-corrected chi connectivity index (χ1v) is 12.8. The number of amides is 1. The van der Waals surface area contributed by atoms with Crippen molar-refractivity contribution in [1.82, 2.24) is 29.6 Å². The number of pyridine rings is 1. The summed E-state index contributed by atoms with van der Waals surface area (Å²) in [5.74, 6) is 6.35. The molecule has 0 unspecified atom stereocenters. The molecule has 3 aromatic heterocycles. The molecule has 8 nitrogen and oxygen atoms in total. The number of hydrogen-bond acceptors (Lipinski definition) is 5. The van der Waals surface area contributed by atoms with Gasteiger partial charge in [0.2, 0.25) is 0 Å². The van der Waals surface area contributed by atoms with Crippen molar-refractivity contribution in [1.29, 1.82) is 0 Å². The van der Waals surface area contributed by atoms with Crippen molar-refractivity contribution < 1.29 is 18.0 Å². The Morgan fingerprint density at radius 2 is 2.17 bits per heavy atom. The molecule has 3 aromatic rings. The van der Waals surface area contributed by atoms with Crippen LogP contribution in [0.1, 0.15) is 28.9 Å². The number of nitrogens with zero attached hydrogens (tertiary/aromatic N) is 5. The summed E-state index contributed by atoms with van der Waals surface area (Å²) in [7, 11) is 3.80. The van der Waals surface area contributed by atoms with Crippen LogP contribution in [-0.2, 0) is 7.05 Å². The van der Waals surface area contributed by atoms with Gasteiger partial charge in [0.1, 0.15) is 0 Å². The van der Waals surface area contributed by atoms with Crippen LogP contribution in [-0.4, -0.2) is 82.5 Å². The molecule has 2 fully saturated rings.